The summed E-state index contributed by atoms with van der Waals surface area (Å²) in [6.45, 7) is 9.24. The Kier molecular flexibility index (Phi) is 12.8. The standard InChI is InChI=1S/C36H51NO12/c1-22(38)37-27-30(43-19-24-16-12-9-13-17-24)28(39)25(20-42-18-23-14-10-8-11-15-23)45-33(27)46-29(26-21-44-35(2,3)47-26)31-32(34(40-6)41-7)49-36(4,5)48-31/h8-17,25-34,39H,18-21H2,1-7H3,(H,37,38)/t25-,26+,27+,28-,29?,30-,31+,32-,33+/m1/s1. The molecule has 1 amide bonds. The van der Waals surface area contributed by atoms with Crippen molar-refractivity contribution in [2.45, 2.75) is 121 Å². The highest BCUT2D eigenvalue weighted by molar-refractivity contribution is 5.73. The van der Waals surface area contributed by atoms with E-state index in [1.165, 1.54) is 21.1 Å². The number of hydrogen-bond acceptors (Lipinski definition) is 12. The normalized spacial score (nSPS) is 31.5. The van der Waals surface area contributed by atoms with E-state index in [2.05, 4.69) is 5.32 Å². The fraction of sp³-hybridized carbons (Fsp3) is 0.639. The molecule has 5 rings (SSSR count). The lowest BCUT2D eigenvalue weighted by atomic mass is 9.95. The Hall–Kier alpha value is -2.53. The number of methoxy groups -OCH3 is 2. The number of aliphatic hydroxyl groups excluding tert-OH is 1. The van der Waals surface area contributed by atoms with E-state index in [9.17, 15) is 9.90 Å². The predicted octanol–water partition coefficient (Wildman–Crippen LogP) is 3.05. The summed E-state index contributed by atoms with van der Waals surface area (Å²) in [5.41, 5.74) is 1.85. The monoisotopic (exact) mass is 689 g/mol. The molecule has 9 atom stereocenters. The Balaban J connectivity index is 1.47. The highest BCUT2D eigenvalue weighted by Gasteiger charge is 2.56. The molecule has 49 heavy (non-hydrogen) atoms. The van der Waals surface area contributed by atoms with Crippen molar-refractivity contribution in [3.8, 4) is 0 Å². The predicted molar refractivity (Wildman–Crippen MR) is 175 cm³/mol. The first-order chi connectivity index (χ1) is 23.4. The topological polar surface area (TPSA) is 142 Å². The maximum absolute atomic E-state index is 12.7. The summed E-state index contributed by atoms with van der Waals surface area (Å²) < 4.78 is 62.0. The summed E-state index contributed by atoms with van der Waals surface area (Å²) in [7, 11) is 3.03. The van der Waals surface area contributed by atoms with Gasteiger partial charge in [-0.3, -0.25) is 4.79 Å². The number of aliphatic hydroxyl groups is 1. The molecule has 3 aliphatic rings. The summed E-state index contributed by atoms with van der Waals surface area (Å²) in [6.07, 6.45) is -8.10. The van der Waals surface area contributed by atoms with Gasteiger partial charge in [-0.1, -0.05) is 60.7 Å². The van der Waals surface area contributed by atoms with E-state index >= 15 is 0 Å². The molecule has 0 radical (unpaired) electrons. The van der Waals surface area contributed by atoms with Crippen LogP contribution in [0, 0.1) is 0 Å². The van der Waals surface area contributed by atoms with Crippen LogP contribution in [0.3, 0.4) is 0 Å². The average molecular weight is 690 g/mol. The van der Waals surface area contributed by atoms with Crippen LogP contribution >= 0.6 is 0 Å². The van der Waals surface area contributed by atoms with Gasteiger partial charge in [0.2, 0.25) is 5.91 Å². The summed E-state index contributed by atoms with van der Waals surface area (Å²) >= 11 is 0. The molecule has 13 heteroatoms. The molecular formula is C36H51NO12. The van der Waals surface area contributed by atoms with E-state index in [0.29, 0.717) is 6.61 Å². The van der Waals surface area contributed by atoms with Crippen molar-refractivity contribution in [3.63, 3.8) is 0 Å². The molecule has 3 aliphatic heterocycles. The van der Waals surface area contributed by atoms with Crippen molar-refractivity contribution >= 4 is 5.91 Å². The van der Waals surface area contributed by atoms with Crippen LogP contribution in [0.4, 0.5) is 0 Å². The van der Waals surface area contributed by atoms with Gasteiger partial charge in [-0.15, -0.1) is 0 Å². The van der Waals surface area contributed by atoms with Crippen LogP contribution in [0.15, 0.2) is 60.7 Å². The molecule has 2 aromatic carbocycles. The Morgan fingerprint density at radius 3 is 2.08 bits per heavy atom. The first kappa shape index (κ1) is 37.7. The quantitative estimate of drug-likeness (QED) is 0.266. The molecule has 1 unspecified atom stereocenters. The largest absolute Gasteiger partial charge is 0.388 e. The van der Waals surface area contributed by atoms with Crippen LogP contribution in [-0.4, -0.2) is 111 Å². The Labute approximate surface area is 288 Å². The van der Waals surface area contributed by atoms with Crippen LogP contribution in [0.2, 0.25) is 0 Å². The minimum absolute atomic E-state index is 0.0166. The maximum Gasteiger partial charge on any atom is 0.217 e. The zero-order valence-electron chi connectivity index (χ0n) is 29.3. The summed E-state index contributed by atoms with van der Waals surface area (Å²) in [6, 6.07) is 18.3. The third-order valence-corrected chi connectivity index (χ3v) is 8.63. The van der Waals surface area contributed by atoms with Gasteiger partial charge in [0.1, 0.15) is 48.8 Å². The zero-order valence-corrected chi connectivity index (χ0v) is 29.3. The number of carbonyl (C=O) groups is 1. The van der Waals surface area contributed by atoms with Gasteiger partial charge in [0, 0.05) is 21.1 Å². The summed E-state index contributed by atoms with van der Waals surface area (Å²) in [5.74, 6) is -2.30. The molecular weight excluding hydrogens is 638 g/mol. The smallest absolute Gasteiger partial charge is 0.217 e. The van der Waals surface area contributed by atoms with Crippen molar-refractivity contribution in [1.82, 2.24) is 5.32 Å². The third-order valence-electron chi connectivity index (χ3n) is 8.63. The van der Waals surface area contributed by atoms with Crippen molar-refractivity contribution in [2.24, 2.45) is 0 Å². The van der Waals surface area contributed by atoms with Gasteiger partial charge in [-0.05, 0) is 38.8 Å². The minimum atomic E-state index is -1.19. The molecule has 0 saturated carbocycles. The van der Waals surface area contributed by atoms with Gasteiger partial charge in [0.25, 0.3) is 0 Å². The molecule has 3 fully saturated rings. The number of ether oxygens (including phenoxy) is 10. The van der Waals surface area contributed by atoms with E-state index in [1.807, 2.05) is 74.5 Å². The first-order valence-electron chi connectivity index (χ1n) is 16.7. The van der Waals surface area contributed by atoms with E-state index in [4.69, 9.17) is 47.4 Å². The van der Waals surface area contributed by atoms with E-state index < -0.39 is 72.9 Å². The van der Waals surface area contributed by atoms with Crippen LogP contribution in [0.25, 0.3) is 0 Å². The van der Waals surface area contributed by atoms with E-state index in [1.54, 1.807) is 13.8 Å². The number of amides is 1. The van der Waals surface area contributed by atoms with Crippen LogP contribution in [-0.2, 0) is 65.4 Å². The second-order valence-corrected chi connectivity index (χ2v) is 13.4. The van der Waals surface area contributed by atoms with Gasteiger partial charge in [-0.2, -0.15) is 0 Å². The van der Waals surface area contributed by atoms with Crippen LogP contribution in [0.5, 0.6) is 0 Å². The Bertz CT molecular complexity index is 1310. The minimum Gasteiger partial charge on any atom is -0.388 e. The molecule has 3 heterocycles. The van der Waals surface area contributed by atoms with Crippen molar-refractivity contribution in [3.05, 3.63) is 71.8 Å². The van der Waals surface area contributed by atoms with Crippen molar-refractivity contribution in [1.29, 1.82) is 0 Å². The molecule has 0 aliphatic carbocycles. The molecule has 2 N–H and O–H groups in total. The lowest BCUT2D eigenvalue weighted by molar-refractivity contribution is -0.311. The van der Waals surface area contributed by atoms with Gasteiger partial charge in [-0.25, -0.2) is 0 Å². The fourth-order valence-corrected chi connectivity index (χ4v) is 6.45. The molecule has 2 aromatic rings. The van der Waals surface area contributed by atoms with E-state index in [0.717, 1.165) is 11.1 Å². The highest BCUT2D eigenvalue weighted by Crippen LogP contribution is 2.39. The number of benzene rings is 2. The van der Waals surface area contributed by atoms with Crippen LogP contribution < -0.4 is 5.32 Å². The number of rotatable bonds is 15. The lowest BCUT2D eigenvalue weighted by Gasteiger charge is -2.46. The molecule has 0 aromatic heterocycles. The summed E-state index contributed by atoms with van der Waals surface area (Å²) in [5, 5.41) is 14.6. The Morgan fingerprint density at radius 1 is 0.898 bits per heavy atom. The maximum atomic E-state index is 12.7. The molecule has 13 nitrogen and oxygen atoms in total. The molecule has 3 saturated heterocycles. The molecule has 0 bridgehead atoms. The third kappa shape index (κ3) is 9.83. The fourth-order valence-electron chi connectivity index (χ4n) is 6.45. The van der Waals surface area contributed by atoms with Crippen molar-refractivity contribution in [2.75, 3.05) is 27.4 Å². The summed E-state index contributed by atoms with van der Waals surface area (Å²) in [4.78, 5) is 12.7. The van der Waals surface area contributed by atoms with E-state index in [-0.39, 0.29) is 25.7 Å². The first-order valence-corrected chi connectivity index (χ1v) is 16.7. The SMILES string of the molecule is COC(OC)[C@@H]1OC(C)(C)O[C@H]1C(O[C@@H]1O[C@H](COCc2ccccc2)[C@@H](O)[C@H](OCc2ccccc2)[C@@H]1NC(C)=O)[C@@H]1COC(C)(C)O1. The second-order valence-electron chi connectivity index (χ2n) is 13.4. The molecule has 272 valence electrons. The van der Waals surface area contributed by atoms with Gasteiger partial charge in [0.15, 0.2) is 24.2 Å². The number of hydrogen-bond donors (Lipinski definition) is 2. The second kappa shape index (κ2) is 16.7. The number of nitrogens with one attached hydrogen (secondary N) is 1. The van der Waals surface area contributed by atoms with Crippen molar-refractivity contribution < 1.29 is 57.3 Å². The number of carbonyl (C=O) groups excluding carboxylic acids is 1. The van der Waals surface area contributed by atoms with Gasteiger partial charge >= 0.3 is 0 Å². The zero-order chi connectivity index (χ0) is 35.2. The lowest BCUT2D eigenvalue weighted by Crippen LogP contribution is -2.67. The van der Waals surface area contributed by atoms with Crippen LogP contribution in [0.1, 0.15) is 45.7 Å². The Morgan fingerprint density at radius 2 is 1.51 bits per heavy atom. The van der Waals surface area contributed by atoms with Gasteiger partial charge < -0.3 is 57.8 Å². The molecule has 0 spiro atoms. The van der Waals surface area contributed by atoms with Gasteiger partial charge in [0.05, 0.1) is 26.4 Å². The average Bonchev–Trinajstić information content (AvgIpc) is 3.59. The highest BCUT2D eigenvalue weighted by atomic mass is 16.8.